The SMILES string of the molecule is CCOC(O)c1c[nH]c2ncnc(-c3cc4ccc(CCOC(=O)c5c[nH]c6ncnc(-c7ccc8ncccc8c7)c56)cc4s3)c12. The highest BCUT2D eigenvalue weighted by Crippen LogP contribution is 2.38. The molecule has 6 aromatic heterocycles. The molecular formula is C35H27N7O4S. The Bertz CT molecular complexity index is 2430. The van der Waals surface area contributed by atoms with E-state index in [1.165, 1.54) is 12.7 Å². The van der Waals surface area contributed by atoms with Gasteiger partial charge >= 0.3 is 5.97 Å². The number of hydrogen-bond acceptors (Lipinski definition) is 10. The van der Waals surface area contributed by atoms with Crippen LogP contribution in [0.15, 0.2) is 85.8 Å². The number of hydrogen-bond donors (Lipinski definition) is 3. The van der Waals surface area contributed by atoms with Gasteiger partial charge in [0.2, 0.25) is 0 Å². The van der Waals surface area contributed by atoms with E-state index in [1.54, 1.807) is 29.9 Å². The molecular weight excluding hydrogens is 614 g/mol. The molecule has 6 heterocycles. The summed E-state index contributed by atoms with van der Waals surface area (Å²) >= 11 is 1.60. The molecule has 1 unspecified atom stereocenters. The third-order valence-corrected chi connectivity index (χ3v) is 9.20. The smallest absolute Gasteiger partial charge is 0.340 e. The summed E-state index contributed by atoms with van der Waals surface area (Å²) in [6.07, 6.45) is 7.55. The molecule has 0 spiro atoms. The monoisotopic (exact) mass is 641 g/mol. The first-order valence-corrected chi connectivity index (χ1v) is 15.9. The lowest BCUT2D eigenvalue weighted by Gasteiger charge is -2.10. The van der Waals surface area contributed by atoms with Crippen molar-refractivity contribution in [3.63, 3.8) is 0 Å². The molecule has 0 aliphatic rings. The number of nitrogens with zero attached hydrogens (tertiary/aromatic N) is 5. The Kier molecular flexibility index (Phi) is 7.37. The highest BCUT2D eigenvalue weighted by atomic mass is 32.1. The number of thiophene rings is 1. The van der Waals surface area contributed by atoms with Gasteiger partial charge in [0, 0.05) is 52.8 Å². The fraction of sp³-hybridized carbons (Fsp3) is 0.143. The van der Waals surface area contributed by atoms with Crippen LogP contribution in [0, 0.1) is 0 Å². The summed E-state index contributed by atoms with van der Waals surface area (Å²) in [6.45, 7) is 2.41. The summed E-state index contributed by atoms with van der Waals surface area (Å²) in [6, 6.07) is 18.1. The number of carbonyl (C=O) groups is 1. The second-order valence-corrected chi connectivity index (χ2v) is 12.0. The van der Waals surface area contributed by atoms with Crippen LogP contribution in [0.1, 0.15) is 34.7 Å². The van der Waals surface area contributed by atoms with Gasteiger partial charge in [0.25, 0.3) is 0 Å². The largest absolute Gasteiger partial charge is 0.462 e. The number of aromatic amines is 2. The zero-order chi connectivity index (χ0) is 31.9. The van der Waals surface area contributed by atoms with Gasteiger partial charge in [-0.1, -0.05) is 24.3 Å². The summed E-state index contributed by atoms with van der Waals surface area (Å²) < 4.78 is 12.3. The fourth-order valence-corrected chi connectivity index (χ4v) is 7.00. The van der Waals surface area contributed by atoms with Crippen LogP contribution in [0.5, 0.6) is 0 Å². The second kappa shape index (κ2) is 12.0. The molecule has 2 aromatic carbocycles. The average molecular weight is 642 g/mol. The number of nitrogens with one attached hydrogen (secondary N) is 2. The minimum absolute atomic E-state index is 0.203. The van der Waals surface area contributed by atoms with E-state index in [2.05, 4.69) is 53.1 Å². The molecule has 0 radical (unpaired) electrons. The number of fused-ring (bicyclic) bond motifs is 4. The lowest BCUT2D eigenvalue weighted by molar-refractivity contribution is -0.0969. The van der Waals surface area contributed by atoms with E-state index < -0.39 is 12.3 Å². The third-order valence-electron chi connectivity index (χ3n) is 8.10. The number of aliphatic hydroxyl groups excluding tert-OH is 1. The number of carbonyl (C=O) groups excluding carboxylic acids is 1. The number of H-pyrrole nitrogens is 2. The zero-order valence-electron chi connectivity index (χ0n) is 25.1. The molecule has 12 heteroatoms. The number of benzene rings is 2. The standard InChI is InChI=1S/C35H27N7O4S/c1-2-45-34(43)24-16-38-33-29(24)31(40-18-42-33)27-14-21-6-5-19(12-26(21)47-27)9-11-46-35(44)23-15-37-32-28(23)30(39-17-41-32)22-7-8-25-20(13-22)4-3-10-36-25/h3-8,10,12-18,34,43H,2,9,11H2,1H3,(H,37,39,41)(H,38,40,42). The Hall–Kier alpha value is -5.56. The second-order valence-electron chi connectivity index (χ2n) is 10.9. The van der Waals surface area contributed by atoms with Crippen LogP contribution in [-0.4, -0.2) is 59.2 Å². The maximum Gasteiger partial charge on any atom is 0.340 e. The lowest BCUT2D eigenvalue weighted by atomic mass is 10.0. The van der Waals surface area contributed by atoms with Gasteiger partial charge in [-0.3, -0.25) is 4.98 Å². The van der Waals surface area contributed by atoms with E-state index >= 15 is 0 Å². The predicted molar refractivity (Wildman–Crippen MR) is 180 cm³/mol. The lowest BCUT2D eigenvalue weighted by Crippen LogP contribution is -2.08. The van der Waals surface area contributed by atoms with Gasteiger partial charge in [-0.15, -0.1) is 11.3 Å². The number of rotatable bonds is 9. The summed E-state index contributed by atoms with van der Waals surface area (Å²) in [5.41, 5.74) is 6.32. The van der Waals surface area contributed by atoms with Crippen molar-refractivity contribution in [2.75, 3.05) is 13.2 Å². The Labute approximate surface area is 271 Å². The quantitative estimate of drug-likeness (QED) is 0.115. The van der Waals surface area contributed by atoms with Crippen molar-refractivity contribution in [2.24, 2.45) is 0 Å². The van der Waals surface area contributed by atoms with Crippen molar-refractivity contribution in [2.45, 2.75) is 19.6 Å². The Morgan fingerprint density at radius 2 is 1.72 bits per heavy atom. The molecule has 0 amide bonds. The molecule has 0 aliphatic carbocycles. The van der Waals surface area contributed by atoms with Gasteiger partial charge in [0.15, 0.2) is 6.29 Å². The van der Waals surface area contributed by atoms with Crippen molar-refractivity contribution in [1.82, 2.24) is 34.9 Å². The highest BCUT2D eigenvalue weighted by Gasteiger charge is 2.21. The van der Waals surface area contributed by atoms with E-state index in [0.29, 0.717) is 46.5 Å². The summed E-state index contributed by atoms with van der Waals surface area (Å²) in [5.74, 6) is -0.446. The van der Waals surface area contributed by atoms with Gasteiger partial charge in [-0.05, 0) is 48.2 Å². The van der Waals surface area contributed by atoms with E-state index in [4.69, 9.17) is 9.47 Å². The van der Waals surface area contributed by atoms with E-state index in [1.807, 2.05) is 43.3 Å². The molecule has 8 aromatic rings. The normalized spacial score (nSPS) is 12.4. The topological polar surface area (TPSA) is 152 Å². The molecule has 0 aliphatic heterocycles. The first-order chi connectivity index (χ1) is 23.1. The van der Waals surface area contributed by atoms with E-state index in [-0.39, 0.29) is 6.61 Å². The maximum atomic E-state index is 13.3. The van der Waals surface area contributed by atoms with E-state index in [0.717, 1.165) is 48.1 Å². The van der Waals surface area contributed by atoms with Crippen LogP contribution in [0.25, 0.3) is 64.9 Å². The van der Waals surface area contributed by atoms with Gasteiger partial charge in [-0.2, -0.15) is 0 Å². The summed E-state index contributed by atoms with van der Waals surface area (Å²) in [5, 5.41) is 13.9. The molecule has 0 saturated carbocycles. The highest BCUT2D eigenvalue weighted by molar-refractivity contribution is 7.22. The Morgan fingerprint density at radius 1 is 0.894 bits per heavy atom. The van der Waals surface area contributed by atoms with Gasteiger partial charge in [0.1, 0.15) is 23.9 Å². The number of aromatic nitrogens is 7. The molecule has 8 rings (SSSR count). The Morgan fingerprint density at radius 3 is 2.60 bits per heavy atom. The summed E-state index contributed by atoms with van der Waals surface area (Å²) in [7, 11) is 0. The summed E-state index contributed by atoms with van der Waals surface area (Å²) in [4.78, 5) is 42.6. The molecule has 0 bridgehead atoms. The predicted octanol–water partition coefficient (Wildman–Crippen LogP) is 6.75. The van der Waals surface area contributed by atoms with Crippen molar-refractivity contribution >= 4 is 60.4 Å². The van der Waals surface area contributed by atoms with Crippen LogP contribution < -0.4 is 0 Å². The number of esters is 1. The van der Waals surface area contributed by atoms with Crippen LogP contribution in [0.4, 0.5) is 0 Å². The van der Waals surface area contributed by atoms with Crippen molar-refractivity contribution in [3.8, 4) is 21.8 Å². The fourth-order valence-electron chi connectivity index (χ4n) is 5.87. The molecule has 47 heavy (non-hydrogen) atoms. The third kappa shape index (κ3) is 5.27. The first kappa shape index (κ1) is 28.9. The minimum atomic E-state index is -1.08. The molecule has 0 fully saturated rings. The van der Waals surface area contributed by atoms with Crippen molar-refractivity contribution in [3.05, 3.63) is 103 Å². The zero-order valence-corrected chi connectivity index (χ0v) is 25.9. The number of pyridine rings is 1. The Balaban J connectivity index is 1.02. The van der Waals surface area contributed by atoms with Crippen molar-refractivity contribution in [1.29, 1.82) is 0 Å². The van der Waals surface area contributed by atoms with Gasteiger partial charge in [-0.25, -0.2) is 24.7 Å². The molecule has 3 N–H and O–H groups in total. The molecule has 0 saturated heterocycles. The maximum absolute atomic E-state index is 13.3. The van der Waals surface area contributed by atoms with Crippen LogP contribution in [0.2, 0.25) is 0 Å². The van der Waals surface area contributed by atoms with Gasteiger partial charge < -0.3 is 24.5 Å². The van der Waals surface area contributed by atoms with E-state index in [9.17, 15) is 9.90 Å². The van der Waals surface area contributed by atoms with Crippen molar-refractivity contribution < 1.29 is 19.4 Å². The van der Waals surface area contributed by atoms with Gasteiger partial charge in [0.05, 0.1) is 44.7 Å². The molecule has 1 atom stereocenters. The van der Waals surface area contributed by atoms with Crippen LogP contribution >= 0.6 is 11.3 Å². The van der Waals surface area contributed by atoms with Crippen LogP contribution in [-0.2, 0) is 15.9 Å². The molecule has 232 valence electrons. The average Bonchev–Trinajstić information content (AvgIpc) is 3.85. The minimum Gasteiger partial charge on any atom is -0.462 e. The van der Waals surface area contributed by atoms with Crippen LogP contribution in [0.3, 0.4) is 0 Å². The number of aliphatic hydroxyl groups is 1. The number of ether oxygens (including phenoxy) is 2. The first-order valence-electron chi connectivity index (χ1n) is 15.1. The molecule has 11 nitrogen and oxygen atoms in total.